The molecule has 0 aliphatic carbocycles. The van der Waals surface area contributed by atoms with Crippen LogP contribution in [0.25, 0.3) is 0 Å². The van der Waals surface area contributed by atoms with E-state index in [-0.39, 0.29) is 24.8 Å². The van der Waals surface area contributed by atoms with Crippen molar-refractivity contribution >= 4 is 35.5 Å². The van der Waals surface area contributed by atoms with Crippen LogP contribution in [0.1, 0.15) is 93.4 Å². The molecule has 5 N–H and O–H groups in total. The highest BCUT2D eigenvalue weighted by Crippen LogP contribution is 2.13. The van der Waals surface area contributed by atoms with E-state index in [1.807, 2.05) is 13.8 Å². The topological polar surface area (TPSA) is 172 Å². The minimum Gasteiger partial charge on any atom is -0.460 e. The lowest BCUT2D eigenvalue weighted by atomic mass is 9.99. The SMILES string of the molecule is CCCCCC[C@@H]1CC(=O)NCC(=O)NC(C(C)C)C(=O)NC(CC(C)C)C(=O)N[C@@H](C)C(=O)N[C@@H](C)C(=O)O1. The van der Waals surface area contributed by atoms with E-state index >= 15 is 0 Å². The molecule has 0 spiro atoms. The highest BCUT2D eigenvalue weighted by atomic mass is 16.5. The van der Waals surface area contributed by atoms with Crippen LogP contribution in [0.5, 0.6) is 0 Å². The Morgan fingerprint density at radius 2 is 1.43 bits per heavy atom. The molecule has 0 aromatic heterocycles. The van der Waals surface area contributed by atoms with Crippen LogP contribution >= 0.6 is 0 Å². The zero-order chi connectivity index (χ0) is 30.4. The van der Waals surface area contributed by atoms with Gasteiger partial charge >= 0.3 is 5.97 Å². The van der Waals surface area contributed by atoms with Crippen LogP contribution in [0.3, 0.4) is 0 Å². The summed E-state index contributed by atoms with van der Waals surface area (Å²) < 4.78 is 5.58. The fourth-order valence-corrected chi connectivity index (χ4v) is 4.23. The van der Waals surface area contributed by atoms with E-state index in [0.29, 0.717) is 12.8 Å². The fourth-order valence-electron chi connectivity index (χ4n) is 4.23. The maximum absolute atomic E-state index is 13.1. The quantitative estimate of drug-likeness (QED) is 0.216. The summed E-state index contributed by atoms with van der Waals surface area (Å²) in [4.78, 5) is 77.0. The van der Waals surface area contributed by atoms with Crippen molar-refractivity contribution < 1.29 is 33.5 Å². The Bertz CT molecular complexity index is 892. The van der Waals surface area contributed by atoms with Crippen molar-refractivity contribution in [3.8, 4) is 0 Å². The predicted molar refractivity (Wildman–Crippen MR) is 150 cm³/mol. The number of unbranched alkanes of at least 4 members (excludes halogenated alkanes) is 3. The van der Waals surface area contributed by atoms with Gasteiger partial charge in [0.2, 0.25) is 29.5 Å². The second kappa shape index (κ2) is 17.5. The fraction of sp³-hybridized carbons (Fsp3) is 0.786. The first kappa shape index (κ1) is 34.8. The molecule has 12 heteroatoms. The summed E-state index contributed by atoms with van der Waals surface area (Å²) in [6, 6.07) is -3.95. The molecule has 0 bridgehead atoms. The Kier molecular flexibility index (Phi) is 15.2. The molecule has 1 fully saturated rings. The van der Waals surface area contributed by atoms with Gasteiger partial charge in [-0.1, -0.05) is 53.9 Å². The van der Waals surface area contributed by atoms with Crippen molar-refractivity contribution in [2.75, 3.05) is 6.54 Å². The summed E-state index contributed by atoms with van der Waals surface area (Å²) in [6.45, 7) is 11.9. The summed E-state index contributed by atoms with van der Waals surface area (Å²) in [5.74, 6) is -3.75. The second-order valence-corrected chi connectivity index (χ2v) is 11.3. The number of cyclic esters (lactones) is 1. The van der Waals surface area contributed by atoms with Crippen LogP contribution in [-0.4, -0.2) is 72.3 Å². The minimum absolute atomic E-state index is 0.0359. The Morgan fingerprint density at radius 3 is 2.02 bits per heavy atom. The maximum Gasteiger partial charge on any atom is 0.328 e. The first-order valence-corrected chi connectivity index (χ1v) is 14.4. The molecule has 5 amide bonds. The number of ether oxygens (including phenoxy) is 1. The van der Waals surface area contributed by atoms with Crippen molar-refractivity contribution in [1.29, 1.82) is 0 Å². The second-order valence-electron chi connectivity index (χ2n) is 11.3. The zero-order valence-electron chi connectivity index (χ0n) is 25.1. The lowest BCUT2D eigenvalue weighted by molar-refractivity contribution is -0.154. The molecule has 1 heterocycles. The van der Waals surface area contributed by atoms with E-state index in [4.69, 9.17) is 4.74 Å². The van der Waals surface area contributed by atoms with E-state index in [1.165, 1.54) is 13.8 Å². The van der Waals surface area contributed by atoms with E-state index in [9.17, 15) is 28.8 Å². The zero-order valence-corrected chi connectivity index (χ0v) is 25.1. The number of carbonyl (C=O) groups excluding carboxylic acids is 6. The van der Waals surface area contributed by atoms with Crippen molar-refractivity contribution in [3.05, 3.63) is 0 Å². The van der Waals surface area contributed by atoms with Gasteiger partial charge in [-0.2, -0.15) is 0 Å². The molecule has 12 nitrogen and oxygen atoms in total. The number of carbonyl (C=O) groups is 6. The van der Waals surface area contributed by atoms with Crippen molar-refractivity contribution in [1.82, 2.24) is 26.6 Å². The molecule has 0 aromatic rings. The molecule has 40 heavy (non-hydrogen) atoms. The van der Waals surface area contributed by atoms with Crippen LogP contribution in [0.4, 0.5) is 0 Å². The summed E-state index contributed by atoms with van der Waals surface area (Å²) in [7, 11) is 0. The van der Waals surface area contributed by atoms with E-state index in [1.54, 1.807) is 13.8 Å². The number of rotatable bonds is 8. The van der Waals surface area contributed by atoms with E-state index in [2.05, 4.69) is 33.5 Å². The van der Waals surface area contributed by atoms with Crippen molar-refractivity contribution in [2.45, 2.75) is 124 Å². The lowest BCUT2D eigenvalue weighted by Crippen LogP contribution is -2.58. The molecule has 1 saturated heterocycles. The van der Waals surface area contributed by atoms with Crippen molar-refractivity contribution in [2.24, 2.45) is 11.8 Å². The Balaban J connectivity index is 3.22. The smallest absolute Gasteiger partial charge is 0.328 e. The van der Waals surface area contributed by atoms with Gasteiger partial charge in [-0.05, 0) is 44.9 Å². The highest BCUT2D eigenvalue weighted by molar-refractivity contribution is 5.95. The Hall–Kier alpha value is -3.18. The third-order valence-electron chi connectivity index (χ3n) is 6.59. The number of amides is 5. The molecular weight excluding hydrogens is 518 g/mol. The molecule has 1 aliphatic heterocycles. The van der Waals surface area contributed by atoms with E-state index < -0.39 is 65.8 Å². The van der Waals surface area contributed by atoms with Crippen molar-refractivity contribution in [3.63, 3.8) is 0 Å². The molecular formula is C28H49N5O7. The number of nitrogens with one attached hydrogen (secondary N) is 5. The molecule has 2 unspecified atom stereocenters. The first-order chi connectivity index (χ1) is 18.7. The molecule has 1 rings (SSSR count). The standard InChI is InChI=1S/C28H49N5O7/c1-8-9-10-11-12-20-14-22(34)29-15-23(35)33-24(17(4)5)27(38)32-21(13-16(2)3)26(37)30-18(6)25(36)31-19(7)28(39)40-20/h16-21,24H,8-15H2,1-7H3,(H,29,34)(H,30,37)(H,31,36)(H,32,38)(H,33,35)/t18-,19-,20+,21?,24?/m0/s1. The van der Waals surface area contributed by atoms with Gasteiger partial charge in [0.05, 0.1) is 13.0 Å². The van der Waals surface area contributed by atoms with Gasteiger partial charge in [-0.3, -0.25) is 24.0 Å². The maximum atomic E-state index is 13.1. The van der Waals surface area contributed by atoms with Gasteiger partial charge in [0, 0.05) is 0 Å². The summed E-state index contributed by atoms with van der Waals surface area (Å²) in [5, 5.41) is 13.0. The van der Waals surface area contributed by atoms with Gasteiger partial charge in [0.15, 0.2) is 0 Å². The molecule has 0 saturated carbocycles. The molecule has 0 radical (unpaired) electrons. The largest absolute Gasteiger partial charge is 0.460 e. The molecule has 228 valence electrons. The van der Waals surface area contributed by atoms with Crippen LogP contribution in [-0.2, 0) is 33.5 Å². The minimum atomic E-state index is -1.03. The van der Waals surface area contributed by atoms with Crippen LogP contribution in [0.2, 0.25) is 0 Å². The Labute approximate surface area is 237 Å². The normalized spacial score (nSPS) is 26.5. The number of hydrogen-bond acceptors (Lipinski definition) is 7. The van der Waals surface area contributed by atoms with Crippen LogP contribution < -0.4 is 26.6 Å². The summed E-state index contributed by atoms with van der Waals surface area (Å²) in [5.41, 5.74) is 0. The third kappa shape index (κ3) is 12.8. The van der Waals surface area contributed by atoms with Crippen LogP contribution in [0, 0.1) is 11.8 Å². The van der Waals surface area contributed by atoms with Gasteiger partial charge in [-0.25, -0.2) is 4.79 Å². The average Bonchev–Trinajstić information content (AvgIpc) is 2.86. The summed E-state index contributed by atoms with van der Waals surface area (Å²) in [6.07, 6.45) is 3.53. The summed E-state index contributed by atoms with van der Waals surface area (Å²) >= 11 is 0. The highest BCUT2D eigenvalue weighted by Gasteiger charge is 2.31. The molecule has 0 aromatic carbocycles. The van der Waals surface area contributed by atoms with Gasteiger partial charge < -0.3 is 31.3 Å². The predicted octanol–water partition coefficient (Wildman–Crippen LogP) is 1.07. The van der Waals surface area contributed by atoms with Gasteiger partial charge in [0.25, 0.3) is 0 Å². The van der Waals surface area contributed by atoms with Crippen LogP contribution in [0.15, 0.2) is 0 Å². The monoisotopic (exact) mass is 567 g/mol. The number of hydrogen-bond donors (Lipinski definition) is 5. The number of esters is 1. The average molecular weight is 568 g/mol. The lowest BCUT2D eigenvalue weighted by Gasteiger charge is -2.27. The Morgan fingerprint density at radius 1 is 0.775 bits per heavy atom. The first-order valence-electron chi connectivity index (χ1n) is 14.4. The third-order valence-corrected chi connectivity index (χ3v) is 6.59. The van der Waals surface area contributed by atoms with Gasteiger partial charge in [-0.15, -0.1) is 0 Å². The molecule has 1 aliphatic rings. The van der Waals surface area contributed by atoms with E-state index in [0.717, 1.165) is 25.7 Å². The molecule has 5 atom stereocenters. The van der Waals surface area contributed by atoms with Gasteiger partial charge in [0.1, 0.15) is 30.3 Å².